The van der Waals surface area contributed by atoms with Crippen molar-refractivity contribution in [1.29, 1.82) is 0 Å². The summed E-state index contributed by atoms with van der Waals surface area (Å²) in [5.41, 5.74) is 9.69. The average Bonchev–Trinajstić information content (AvgIpc) is 2.46. The van der Waals surface area contributed by atoms with Gasteiger partial charge in [0.25, 0.3) is 0 Å². The van der Waals surface area contributed by atoms with Gasteiger partial charge in [0.05, 0.1) is 7.11 Å². The van der Waals surface area contributed by atoms with E-state index < -0.39 is 0 Å². The molecule has 1 aliphatic heterocycles. The van der Waals surface area contributed by atoms with Crippen LogP contribution in [0.5, 0.6) is 11.5 Å². The normalized spacial score (nSPS) is 20.6. The average molecular weight is 348 g/mol. The molecule has 0 bridgehead atoms. The minimum absolute atomic E-state index is 0.0298. The first-order valence-electron chi connectivity index (χ1n) is 6.94. The third-order valence-electron chi connectivity index (χ3n) is 3.86. The van der Waals surface area contributed by atoms with Crippen LogP contribution in [0, 0.1) is 6.92 Å². The summed E-state index contributed by atoms with van der Waals surface area (Å²) in [7, 11) is 1.65. The molecule has 0 saturated heterocycles. The number of hydrogen-bond donors (Lipinski definition) is 1. The Kier molecular flexibility index (Phi) is 3.91. The number of aryl methyl sites for hydroxylation is 1. The molecule has 110 valence electrons. The van der Waals surface area contributed by atoms with Crippen molar-refractivity contribution in [3.05, 3.63) is 57.6 Å². The van der Waals surface area contributed by atoms with Gasteiger partial charge in [0, 0.05) is 34.1 Å². The summed E-state index contributed by atoms with van der Waals surface area (Å²) >= 11 is 3.63. The van der Waals surface area contributed by atoms with E-state index in [0.717, 1.165) is 33.5 Å². The summed E-state index contributed by atoms with van der Waals surface area (Å²) in [6.45, 7) is 2.07. The predicted octanol–water partition coefficient (Wildman–Crippen LogP) is 4.29. The number of halogens is 1. The number of rotatable bonds is 2. The van der Waals surface area contributed by atoms with Crippen molar-refractivity contribution in [1.82, 2.24) is 0 Å². The van der Waals surface area contributed by atoms with Gasteiger partial charge in [-0.25, -0.2) is 0 Å². The van der Waals surface area contributed by atoms with Gasteiger partial charge in [0.2, 0.25) is 0 Å². The molecule has 2 atom stereocenters. The molecule has 0 fully saturated rings. The number of nitrogens with two attached hydrogens (primary N) is 1. The van der Waals surface area contributed by atoms with Crippen LogP contribution in [0.1, 0.15) is 35.3 Å². The zero-order chi connectivity index (χ0) is 15.0. The van der Waals surface area contributed by atoms with Gasteiger partial charge in [-0.15, -0.1) is 0 Å². The molecule has 1 heterocycles. The van der Waals surface area contributed by atoms with Crippen molar-refractivity contribution in [3.8, 4) is 11.5 Å². The number of methoxy groups -OCH3 is 1. The third kappa shape index (κ3) is 2.78. The highest BCUT2D eigenvalue weighted by Gasteiger charge is 2.28. The van der Waals surface area contributed by atoms with E-state index in [1.54, 1.807) is 7.11 Å². The molecule has 2 N–H and O–H groups in total. The Morgan fingerprint density at radius 1 is 1.19 bits per heavy atom. The molecule has 0 aliphatic carbocycles. The van der Waals surface area contributed by atoms with Crippen LogP contribution in [0.3, 0.4) is 0 Å². The first-order valence-corrected chi connectivity index (χ1v) is 7.74. The molecule has 21 heavy (non-hydrogen) atoms. The number of fused-ring (bicyclic) bond motifs is 1. The second-order valence-corrected chi connectivity index (χ2v) is 6.23. The predicted molar refractivity (Wildman–Crippen MR) is 86.8 cm³/mol. The minimum Gasteiger partial charge on any atom is -0.497 e. The number of hydrogen-bond acceptors (Lipinski definition) is 3. The summed E-state index contributed by atoms with van der Waals surface area (Å²) in [5.74, 6) is 1.59. The molecule has 3 rings (SSSR count). The summed E-state index contributed by atoms with van der Waals surface area (Å²) in [6, 6.07) is 12.1. The molecule has 0 aromatic heterocycles. The fraction of sp³-hybridized carbons (Fsp3) is 0.294. The monoisotopic (exact) mass is 347 g/mol. The summed E-state index contributed by atoms with van der Waals surface area (Å²) < 4.78 is 12.5. The van der Waals surface area contributed by atoms with Crippen LogP contribution in [-0.4, -0.2) is 7.11 Å². The molecule has 0 spiro atoms. The molecule has 2 aromatic rings. The Bertz CT molecular complexity index is 672. The van der Waals surface area contributed by atoms with Crippen LogP contribution >= 0.6 is 15.9 Å². The molecule has 0 amide bonds. The van der Waals surface area contributed by atoms with E-state index in [9.17, 15) is 0 Å². The quantitative estimate of drug-likeness (QED) is 0.881. The lowest BCUT2D eigenvalue weighted by molar-refractivity contribution is 0.160. The summed E-state index contributed by atoms with van der Waals surface area (Å²) in [4.78, 5) is 0. The first kappa shape index (κ1) is 14.4. The van der Waals surface area contributed by atoms with Gasteiger partial charge in [0.1, 0.15) is 17.6 Å². The molecule has 2 aromatic carbocycles. The van der Waals surface area contributed by atoms with E-state index in [1.165, 1.54) is 5.56 Å². The standard InChI is InChI=1S/C17H18BrNO2/c1-10-3-5-12(14(18)7-10)17-9-15(19)13-6-4-11(20-2)8-16(13)21-17/h3-8,15,17H,9,19H2,1-2H3/t15-,17?/m0/s1. The topological polar surface area (TPSA) is 44.5 Å². The van der Waals surface area contributed by atoms with Crippen LogP contribution in [0.25, 0.3) is 0 Å². The van der Waals surface area contributed by atoms with E-state index in [1.807, 2.05) is 18.2 Å². The lowest BCUT2D eigenvalue weighted by Gasteiger charge is -2.31. The van der Waals surface area contributed by atoms with Crippen molar-refractivity contribution < 1.29 is 9.47 Å². The number of ether oxygens (including phenoxy) is 2. The van der Waals surface area contributed by atoms with Crippen molar-refractivity contribution >= 4 is 15.9 Å². The summed E-state index contributed by atoms with van der Waals surface area (Å²) in [5, 5.41) is 0. The first-order chi connectivity index (χ1) is 10.1. The van der Waals surface area contributed by atoms with Crippen LogP contribution in [0.2, 0.25) is 0 Å². The fourth-order valence-electron chi connectivity index (χ4n) is 2.69. The van der Waals surface area contributed by atoms with Gasteiger partial charge in [0.15, 0.2) is 0 Å². The van der Waals surface area contributed by atoms with Crippen LogP contribution in [0.15, 0.2) is 40.9 Å². The molecule has 1 aliphatic rings. The second-order valence-electron chi connectivity index (χ2n) is 5.38. The Morgan fingerprint density at radius 3 is 2.67 bits per heavy atom. The van der Waals surface area contributed by atoms with E-state index in [2.05, 4.69) is 41.1 Å². The molecule has 3 nitrogen and oxygen atoms in total. The fourth-order valence-corrected chi connectivity index (χ4v) is 3.44. The third-order valence-corrected chi connectivity index (χ3v) is 4.55. The van der Waals surface area contributed by atoms with Gasteiger partial charge in [-0.3, -0.25) is 0 Å². The van der Waals surface area contributed by atoms with Crippen LogP contribution in [0.4, 0.5) is 0 Å². The largest absolute Gasteiger partial charge is 0.497 e. The zero-order valence-corrected chi connectivity index (χ0v) is 13.7. The smallest absolute Gasteiger partial charge is 0.128 e. The van der Waals surface area contributed by atoms with Crippen molar-refractivity contribution in [3.63, 3.8) is 0 Å². The van der Waals surface area contributed by atoms with Gasteiger partial charge >= 0.3 is 0 Å². The van der Waals surface area contributed by atoms with E-state index in [-0.39, 0.29) is 12.1 Å². The SMILES string of the molecule is COc1ccc2c(c1)OC(c1ccc(C)cc1Br)C[C@@H]2N. The Morgan fingerprint density at radius 2 is 1.95 bits per heavy atom. The Labute approximate surface area is 133 Å². The molecular formula is C17H18BrNO2. The maximum absolute atomic E-state index is 6.31. The van der Waals surface area contributed by atoms with Gasteiger partial charge in [-0.05, 0) is 24.6 Å². The van der Waals surface area contributed by atoms with Crippen LogP contribution in [-0.2, 0) is 0 Å². The Hall–Kier alpha value is -1.52. The molecule has 0 radical (unpaired) electrons. The summed E-state index contributed by atoms with van der Waals surface area (Å²) in [6.07, 6.45) is 0.718. The van der Waals surface area contributed by atoms with Gasteiger partial charge < -0.3 is 15.2 Å². The lowest BCUT2D eigenvalue weighted by atomic mass is 9.93. The second kappa shape index (κ2) is 5.70. The highest BCUT2D eigenvalue weighted by atomic mass is 79.9. The molecule has 4 heteroatoms. The van der Waals surface area contributed by atoms with E-state index >= 15 is 0 Å². The minimum atomic E-state index is -0.0467. The molecule has 0 saturated carbocycles. The van der Waals surface area contributed by atoms with E-state index in [0.29, 0.717) is 0 Å². The van der Waals surface area contributed by atoms with Gasteiger partial charge in [-0.2, -0.15) is 0 Å². The Balaban J connectivity index is 1.96. The number of benzene rings is 2. The van der Waals surface area contributed by atoms with Gasteiger partial charge in [-0.1, -0.05) is 34.1 Å². The maximum atomic E-state index is 6.31. The zero-order valence-electron chi connectivity index (χ0n) is 12.1. The van der Waals surface area contributed by atoms with Crippen molar-refractivity contribution in [2.24, 2.45) is 5.73 Å². The maximum Gasteiger partial charge on any atom is 0.128 e. The van der Waals surface area contributed by atoms with Crippen LogP contribution < -0.4 is 15.2 Å². The van der Waals surface area contributed by atoms with Crippen molar-refractivity contribution in [2.75, 3.05) is 7.11 Å². The van der Waals surface area contributed by atoms with Crippen molar-refractivity contribution in [2.45, 2.75) is 25.5 Å². The molecule has 1 unspecified atom stereocenters. The lowest BCUT2D eigenvalue weighted by Crippen LogP contribution is -2.24. The van der Waals surface area contributed by atoms with E-state index in [4.69, 9.17) is 15.2 Å². The molecular weight excluding hydrogens is 330 g/mol. The highest BCUT2D eigenvalue weighted by Crippen LogP contribution is 2.42. The highest BCUT2D eigenvalue weighted by molar-refractivity contribution is 9.10.